The van der Waals surface area contributed by atoms with E-state index in [0.29, 0.717) is 12.2 Å². The van der Waals surface area contributed by atoms with Crippen molar-refractivity contribution in [1.29, 1.82) is 5.26 Å². The first kappa shape index (κ1) is 13.9. The number of nitriles is 1. The van der Waals surface area contributed by atoms with Gasteiger partial charge in [0.1, 0.15) is 5.82 Å². The van der Waals surface area contributed by atoms with Crippen molar-refractivity contribution in [2.75, 3.05) is 6.61 Å². The second kappa shape index (κ2) is 7.23. The predicted molar refractivity (Wildman–Crippen MR) is 66.0 cm³/mol. The van der Waals surface area contributed by atoms with Gasteiger partial charge in [-0.15, -0.1) is 0 Å². The summed E-state index contributed by atoms with van der Waals surface area (Å²) in [4.78, 5) is 11.1. The largest absolute Gasteiger partial charge is 0.466 e. The van der Waals surface area contributed by atoms with Crippen LogP contribution in [0.5, 0.6) is 0 Å². The van der Waals surface area contributed by atoms with E-state index in [4.69, 9.17) is 10.00 Å². The van der Waals surface area contributed by atoms with Gasteiger partial charge in [0.15, 0.2) is 0 Å². The molecule has 3 nitrogen and oxygen atoms in total. The van der Waals surface area contributed by atoms with Crippen LogP contribution in [0.15, 0.2) is 24.3 Å². The Morgan fingerprint density at radius 1 is 1.56 bits per heavy atom. The first-order chi connectivity index (χ1) is 8.67. The van der Waals surface area contributed by atoms with E-state index in [1.807, 2.05) is 6.07 Å². The normalized spacial score (nSPS) is 10.3. The van der Waals surface area contributed by atoms with Gasteiger partial charge >= 0.3 is 5.97 Å². The van der Waals surface area contributed by atoms with Crippen molar-refractivity contribution in [2.24, 2.45) is 0 Å². The molecular weight excluding hydrogens is 233 g/mol. The van der Waals surface area contributed by atoms with Gasteiger partial charge in [0, 0.05) is 0 Å². The minimum Gasteiger partial charge on any atom is -0.466 e. The summed E-state index contributed by atoms with van der Waals surface area (Å²) >= 11 is 0. The lowest BCUT2D eigenvalue weighted by molar-refractivity contribution is -0.142. The first-order valence-electron chi connectivity index (χ1n) is 5.65. The molecule has 0 heterocycles. The second-order valence-electron chi connectivity index (χ2n) is 3.59. The number of hydrogen-bond donors (Lipinski definition) is 0. The van der Waals surface area contributed by atoms with Gasteiger partial charge in [-0.05, 0) is 30.2 Å². The average Bonchev–Trinajstić information content (AvgIpc) is 2.33. The SMILES string of the molecule is CCOC(=O)CC=Cc1cc(F)ccc1CC#N. The Morgan fingerprint density at radius 2 is 2.33 bits per heavy atom. The van der Waals surface area contributed by atoms with E-state index in [1.54, 1.807) is 25.1 Å². The number of benzene rings is 1. The minimum absolute atomic E-state index is 0.135. The van der Waals surface area contributed by atoms with E-state index in [9.17, 15) is 9.18 Å². The summed E-state index contributed by atoms with van der Waals surface area (Å²) in [5, 5.41) is 8.66. The lowest BCUT2D eigenvalue weighted by atomic mass is 10.0. The number of esters is 1. The molecule has 0 atom stereocenters. The van der Waals surface area contributed by atoms with Gasteiger partial charge in [-0.1, -0.05) is 18.2 Å². The summed E-state index contributed by atoms with van der Waals surface area (Å²) in [5.41, 5.74) is 1.35. The van der Waals surface area contributed by atoms with Crippen LogP contribution in [-0.2, 0) is 16.0 Å². The molecule has 0 bridgehead atoms. The second-order valence-corrected chi connectivity index (χ2v) is 3.59. The van der Waals surface area contributed by atoms with Crippen LogP contribution < -0.4 is 0 Å². The number of nitrogens with zero attached hydrogens (tertiary/aromatic N) is 1. The highest BCUT2D eigenvalue weighted by Crippen LogP contribution is 2.14. The lowest BCUT2D eigenvalue weighted by Gasteiger charge is -2.02. The Kier molecular flexibility index (Phi) is 5.59. The zero-order valence-corrected chi connectivity index (χ0v) is 10.1. The zero-order chi connectivity index (χ0) is 13.4. The Morgan fingerprint density at radius 3 is 3.00 bits per heavy atom. The zero-order valence-electron chi connectivity index (χ0n) is 10.1. The fourth-order valence-electron chi connectivity index (χ4n) is 1.47. The predicted octanol–water partition coefficient (Wildman–Crippen LogP) is 2.86. The van der Waals surface area contributed by atoms with Crippen molar-refractivity contribution in [3.63, 3.8) is 0 Å². The highest BCUT2D eigenvalue weighted by atomic mass is 19.1. The summed E-state index contributed by atoms with van der Waals surface area (Å²) in [6.45, 7) is 2.07. The molecule has 94 valence electrons. The molecule has 0 saturated heterocycles. The molecule has 0 unspecified atom stereocenters. The van der Waals surface area contributed by atoms with Gasteiger partial charge in [0.05, 0.1) is 25.5 Å². The number of halogens is 1. The maximum Gasteiger partial charge on any atom is 0.309 e. The molecule has 0 aromatic heterocycles. The van der Waals surface area contributed by atoms with E-state index < -0.39 is 0 Å². The fourth-order valence-corrected chi connectivity index (χ4v) is 1.47. The van der Waals surface area contributed by atoms with Crippen molar-refractivity contribution in [2.45, 2.75) is 19.8 Å². The number of carbonyl (C=O) groups is 1. The highest BCUT2D eigenvalue weighted by molar-refractivity contribution is 5.72. The van der Waals surface area contributed by atoms with E-state index in [1.165, 1.54) is 12.1 Å². The van der Waals surface area contributed by atoms with Crippen molar-refractivity contribution in [3.05, 3.63) is 41.2 Å². The minimum atomic E-state index is -0.368. The lowest BCUT2D eigenvalue weighted by Crippen LogP contribution is -2.01. The van der Waals surface area contributed by atoms with Crippen LogP contribution in [0.1, 0.15) is 24.5 Å². The van der Waals surface area contributed by atoms with Gasteiger partial charge in [0.2, 0.25) is 0 Å². The molecule has 4 heteroatoms. The van der Waals surface area contributed by atoms with Crippen molar-refractivity contribution in [3.8, 4) is 6.07 Å². The maximum absolute atomic E-state index is 13.1. The summed E-state index contributed by atoms with van der Waals surface area (Å²) in [5.74, 6) is -0.695. The number of rotatable bonds is 5. The standard InChI is InChI=1S/C14H14FNO2/c1-2-18-14(17)5-3-4-12-10-13(15)7-6-11(12)8-9-16/h3-4,6-7,10H,2,5,8H2,1H3. The molecular formula is C14H14FNO2. The van der Waals surface area contributed by atoms with Gasteiger partial charge in [0.25, 0.3) is 0 Å². The van der Waals surface area contributed by atoms with Gasteiger partial charge in [-0.25, -0.2) is 4.39 Å². The van der Waals surface area contributed by atoms with Crippen LogP contribution in [0.3, 0.4) is 0 Å². The molecule has 0 spiro atoms. The molecule has 0 aliphatic carbocycles. The average molecular weight is 247 g/mol. The summed E-state index contributed by atoms with van der Waals surface area (Å²) in [6, 6.07) is 6.24. The van der Waals surface area contributed by atoms with Crippen LogP contribution in [0.2, 0.25) is 0 Å². The van der Waals surface area contributed by atoms with Gasteiger partial charge in [-0.3, -0.25) is 4.79 Å². The molecule has 0 saturated carbocycles. The third kappa shape index (κ3) is 4.38. The number of ether oxygens (including phenoxy) is 1. The Labute approximate surface area is 105 Å². The van der Waals surface area contributed by atoms with Crippen LogP contribution in [0.4, 0.5) is 4.39 Å². The summed E-state index contributed by atoms with van der Waals surface area (Å²) in [7, 11) is 0. The molecule has 1 rings (SSSR count). The monoisotopic (exact) mass is 247 g/mol. The molecule has 0 amide bonds. The molecule has 0 aliphatic rings. The number of hydrogen-bond acceptors (Lipinski definition) is 3. The smallest absolute Gasteiger partial charge is 0.309 e. The van der Waals surface area contributed by atoms with E-state index >= 15 is 0 Å². The van der Waals surface area contributed by atoms with Crippen molar-refractivity contribution in [1.82, 2.24) is 0 Å². The van der Waals surface area contributed by atoms with Gasteiger partial charge in [-0.2, -0.15) is 5.26 Å². The Hall–Kier alpha value is -2.15. The summed E-state index contributed by atoms with van der Waals surface area (Å²) < 4.78 is 17.9. The quantitative estimate of drug-likeness (QED) is 0.752. The topological polar surface area (TPSA) is 50.1 Å². The number of carbonyl (C=O) groups excluding carboxylic acids is 1. The molecule has 1 aromatic carbocycles. The van der Waals surface area contributed by atoms with E-state index in [-0.39, 0.29) is 24.6 Å². The van der Waals surface area contributed by atoms with Crippen LogP contribution in [-0.4, -0.2) is 12.6 Å². The Bertz CT molecular complexity index is 489. The fraction of sp³-hybridized carbons (Fsp3) is 0.286. The Balaban J connectivity index is 2.76. The molecule has 0 aliphatic heterocycles. The molecule has 0 fully saturated rings. The van der Waals surface area contributed by atoms with Crippen LogP contribution in [0.25, 0.3) is 6.08 Å². The molecule has 0 N–H and O–H groups in total. The maximum atomic E-state index is 13.1. The molecule has 1 aromatic rings. The van der Waals surface area contributed by atoms with E-state index in [2.05, 4.69) is 0 Å². The first-order valence-corrected chi connectivity index (χ1v) is 5.65. The van der Waals surface area contributed by atoms with E-state index in [0.717, 1.165) is 5.56 Å². The molecule has 0 radical (unpaired) electrons. The van der Waals surface area contributed by atoms with Gasteiger partial charge < -0.3 is 4.74 Å². The third-order valence-corrected chi connectivity index (χ3v) is 2.26. The highest BCUT2D eigenvalue weighted by Gasteiger charge is 2.02. The van der Waals surface area contributed by atoms with Crippen LogP contribution in [0, 0.1) is 17.1 Å². The van der Waals surface area contributed by atoms with Crippen LogP contribution >= 0.6 is 0 Å². The van der Waals surface area contributed by atoms with Crippen molar-refractivity contribution < 1.29 is 13.9 Å². The molecule has 18 heavy (non-hydrogen) atoms. The third-order valence-electron chi connectivity index (χ3n) is 2.26. The summed E-state index contributed by atoms with van der Waals surface area (Å²) in [6.07, 6.45) is 3.58. The van der Waals surface area contributed by atoms with Crippen molar-refractivity contribution >= 4 is 12.0 Å².